The van der Waals surface area contributed by atoms with Crippen LogP contribution in [0.2, 0.25) is 0 Å². The van der Waals surface area contributed by atoms with E-state index in [2.05, 4.69) is 12.8 Å². The van der Waals surface area contributed by atoms with Crippen LogP contribution in [0.1, 0.15) is 18.6 Å². The van der Waals surface area contributed by atoms with Gasteiger partial charge in [-0.3, -0.25) is 0 Å². The van der Waals surface area contributed by atoms with Gasteiger partial charge in [0.15, 0.2) is 0 Å². The van der Waals surface area contributed by atoms with Crippen molar-refractivity contribution in [3.05, 3.63) is 29.8 Å². The largest absolute Gasteiger partial charge is 0.376 e. The molecule has 1 nitrogen and oxygen atoms in total. The van der Waals surface area contributed by atoms with Crippen molar-refractivity contribution in [1.82, 2.24) is 0 Å². The molecular formula is C11H12OS. The molecule has 0 amide bonds. The third-order valence-corrected chi connectivity index (χ3v) is 2.56. The first-order valence-corrected chi connectivity index (χ1v) is 5.13. The summed E-state index contributed by atoms with van der Waals surface area (Å²) in [6, 6.07) is 7.68. The summed E-state index contributed by atoms with van der Waals surface area (Å²) < 4.78 is 0. The summed E-state index contributed by atoms with van der Waals surface area (Å²) in [6.45, 7) is 2.11. The zero-order valence-corrected chi connectivity index (χ0v) is 8.34. The number of aliphatic hydroxyl groups excluding tert-OH is 1. The SMILES string of the molecule is C#C[C@@H](O)c1ccc(SCC)cc1. The second-order valence-corrected chi connectivity index (χ2v) is 3.91. The van der Waals surface area contributed by atoms with Crippen LogP contribution in [-0.4, -0.2) is 10.9 Å². The van der Waals surface area contributed by atoms with Gasteiger partial charge in [-0.15, -0.1) is 18.2 Å². The minimum atomic E-state index is -0.777. The molecule has 0 saturated heterocycles. The van der Waals surface area contributed by atoms with Gasteiger partial charge in [0.05, 0.1) is 0 Å². The molecule has 1 N–H and O–H groups in total. The van der Waals surface area contributed by atoms with Gasteiger partial charge in [-0.05, 0) is 23.4 Å². The van der Waals surface area contributed by atoms with Crippen LogP contribution < -0.4 is 0 Å². The molecule has 13 heavy (non-hydrogen) atoms. The first kappa shape index (κ1) is 10.2. The summed E-state index contributed by atoms with van der Waals surface area (Å²) in [4.78, 5) is 1.20. The predicted molar refractivity (Wildman–Crippen MR) is 56.6 cm³/mol. The summed E-state index contributed by atoms with van der Waals surface area (Å²) >= 11 is 1.77. The van der Waals surface area contributed by atoms with Gasteiger partial charge in [0.2, 0.25) is 0 Å². The first-order chi connectivity index (χ1) is 6.27. The van der Waals surface area contributed by atoms with E-state index in [1.165, 1.54) is 4.90 Å². The topological polar surface area (TPSA) is 20.2 Å². The summed E-state index contributed by atoms with van der Waals surface area (Å²) in [5.74, 6) is 3.33. The number of aliphatic hydroxyl groups is 1. The number of hydrogen-bond donors (Lipinski definition) is 1. The highest BCUT2D eigenvalue weighted by Gasteiger charge is 2.01. The Morgan fingerprint density at radius 1 is 1.46 bits per heavy atom. The standard InChI is InChI=1S/C11H12OS/c1-3-11(12)9-5-7-10(8-6-9)13-4-2/h1,5-8,11-12H,4H2,2H3/t11-/m1/s1. The molecule has 0 fully saturated rings. The monoisotopic (exact) mass is 192 g/mol. The fourth-order valence-electron chi connectivity index (χ4n) is 1.01. The molecule has 1 aromatic rings. The lowest BCUT2D eigenvalue weighted by Crippen LogP contribution is -1.92. The zero-order chi connectivity index (χ0) is 9.68. The van der Waals surface area contributed by atoms with Crippen molar-refractivity contribution in [1.29, 1.82) is 0 Å². The molecular weight excluding hydrogens is 180 g/mol. The molecule has 0 unspecified atom stereocenters. The van der Waals surface area contributed by atoms with Crippen LogP contribution in [0.3, 0.4) is 0 Å². The minimum Gasteiger partial charge on any atom is -0.376 e. The van der Waals surface area contributed by atoms with Gasteiger partial charge >= 0.3 is 0 Å². The van der Waals surface area contributed by atoms with E-state index in [0.29, 0.717) is 0 Å². The molecule has 0 radical (unpaired) electrons. The molecule has 1 atom stereocenters. The van der Waals surface area contributed by atoms with E-state index in [4.69, 9.17) is 6.42 Å². The fourth-order valence-corrected chi connectivity index (χ4v) is 1.67. The number of benzene rings is 1. The first-order valence-electron chi connectivity index (χ1n) is 4.15. The summed E-state index contributed by atoms with van der Waals surface area (Å²) in [7, 11) is 0. The van der Waals surface area contributed by atoms with Gasteiger partial charge in [0, 0.05) is 4.90 Å². The molecule has 0 bridgehead atoms. The fraction of sp³-hybridized carbons (Fsp3) is 0.273. The Bertz CT molecular complexity index is 297. The van der Waals surface area contributed by atoms with Gasteiger partial charge < -0.3 is 5.11 Å². The minimum absolute atomic E-state index is 0.777. The molecule has 0 spiro atoms. The van der Waals surface area contributed by atoms with Gasteiger partial charge in [-0.2, -0.15) is 0 Å². The van der Waals surface area contributed by atoms with Crippen LogP contribution >= 0.6 is 11.8 Å². The second-order valence-electron chi connectivity index (χ2n) is 2.57. The van der Waals surface area contributed by atoms with Crippen LogP contribution in [0, 0.1) is 12.3 Å². The highest BCUT2D eigenvalue weighted by Crippen LogP contribution is 2.20. The quantitative estimate of drug-likeness (QED) is 0.586. The third kappa shape index (κ3) is 2.80. The van der Waals surface area contributed by atoms with E-state index in [1.54, 1.807) is 11.8 Å². The van der Waals surface area contributed by atoms with Crippen molar-refractivity contribution in [2.24, 2.45) is 0 Å². The highest BCUT2D eigenvalue weighted by atomic mass is 32.2. The Morgan fingerprint density at radius 2 is 2.08 bits per heavy atom. The van der Waals surface area contributed by atoms with E-state index in [1.807, 2.05) is 24.3 Å². The maximum atomic E-state index is 9.31. The maximum absolute atomic E-state index is 9.31. The number of rotatable bonds is 3. The highest BCUT2D eigenvalue weighted by molar-refractivity contribution is 7.99. The average Bonchev–Trinajstić information content (AvgIpc) is 2.18. The van der Waals surface area contributed by atoms with Gasteiger partial charge in [0.1, 0.15) is 6.10 Å². The second kappa shape index (κ2) is 4.96. The van der Waals surface area contributed by atoms with Crippen molar-refractivity contribution in [2.45, 2.75) is 17.9 Å². The Labute approximate surface area is 83.2 Å². The number of terminal acetylenes is 1. The van der Waals surface area contributed by atoms with E-state index < -0.39 is 6.10 Å². The average molecular weight is 192 g/mol. The van der Waals surface area contributed by atoms with Crippen molar-refractivity contribution in [3.63, 3.8) is 0 Å². The molecule has 0 aliphatic heterocycles. The lowest BCUT2D eigenvalue weighted by Gasteiger charge is -2.04. The molecule has 1 rings (SSSR count). The van der Waals surface area contributed by atoms with E-state index in [9.17, 15) is 5.11 Å². The van der Waals surface area contributed by atoms with Crippen LogP contribution in [0.25, 0.3) is 0 Å². The summed E-state index contributed by atoms with van der Waals surface area (Å²) in [6.07, 6.45) is 4.32. The van der Waals surface area contributed by atoms with Gasteiger partial charge in [0.25, 0.3) is 0 Å². The molecule has 0 saturated carbocycles. The third-order valence-electron chi connectivity index (χ3n) is 1.66. The molecule has 0 heterocycles. The molecule has 2 heteroatoms. The molecule has 1 aromatic carbocycles. The predicted octanol–water partition coefficient (Wildman–Crippen LogP) is 2.47. The maximum Gasteiger partial charge on any atom is 0.139 e. The van der Waals surface area contributed by atoms with Crippen LogP contribution in [0.4, 0.5) is 0 Å². The molecule has 0 aliphatic rings. The smallest absolute Gasteiger partial charge is 0.139 e. The van der Waals surface area contributed by atoms with Crippen molar-refractivity contribution >= 4 is 11.8 Å². The van der Waals surface area contributed by atoms with Crippen molar-refractivity contribution < 1.29 is 5.11 Å². The lowest BCUT2D eigenvalue weighted by molar-refractivity contribution is 0.238. The van der Waals surface area contributed by atoms with E-state index >= 15 is 0 Å². The van der Waals surface area contributed by atoms with Crippen LogP contribution in [0.15, 0.2) is 29.2 Å². The lowest BCUT2D eigenvalue weighted by atomic mass is 10.1. The normalized spacial score (nSPS) is 12.1. The van der Waals surface area contributed by atoms with E-state index in [-0.39, 0.29) is 0 Å². The number of thioether (sulfide) groups is 1. The Kier molecular flexibility index (Phi) is 3.88. The summed E-state index contributed by atoms with van der Waals surface area (Å²) in [5.41, 5.74) is 0.781. The molecule has 0 aromatic heterocycles. The molecule has 68 valence electrons. The Balaban J connectivity index is 2.76. The van der Waals surface area contributed by atoms with Gasteiger partial charge in [-0.25, -0.2) is 0 Å². The van der Waals surface area contributed by atoms with E-state index in [0.717, 1.165) is 11.3 Å². The van der Waals surface area contributed by atoms with Gasteiger partial charge in [-0.1, -0.05) is 25.0 Å². The summed E-state index contributed by atoms with van der Waals surface area (Å²) in [5, 5.41) is 9.31. The van der Waals surface area contributed by atoms with Crippen LogP contribution in [-0.2, 0) is 0 Å². The van der Waals surface area contributed by atoms with Crippen molar-refractivity contribution in [2.75, 3.05) is 5.75 Å². The van der Waals surface area contributed by atoms with Crippen molar-refractivity contribution in [3.8, 4) is 12.3 Å². The Hall–Kier alpha value is -0.910. The Morgan fingerprint density at radius 3 is 2.54 bits per heavy atom. The zero-order valence-electron chi connectivity index (χ0n) is 7.53. The molecule has 0 aliphatic carbocycles. The number of hydrogen-bond acceptors (Lipinski definition) is 2. The van der Waals surface area contributed by atoms with Crippen LogP contribution in [0.5, 0.6) is 0 Å².